The second-order valence-corrected chi connectivity index (χ2v) is 5.95. The molecule has 2 aromatic rings. The molecule has 0 atom stereocenters. The first-order chi connectivity index (χ1) is 7.88. The largest absolute Gasteiger partial charge is 0.304 e. The van der Waals surface area contributed by atoms with E-state index in [4.69, 9.17) is 4.55 Å². The van der Waals surface area contributed by atoms with Gasteiger partial charge in [0.05, 0.1) is 0 Å². The van der Waals surface area contributed by atoms with Crippen molar-refractivity contribution in [2.24, 2.45) is 0 Å². The zero-order valence-corrected chi connectivity index (χ0v) is 9.86. The summed E-state index contributed by atoms with van der Waals surface area (Å²) in [6, 6.07) is 5.34. The van der Waals surface area contributed by atoms with Crippen LogP contribution in [-0.4, -0.2) is 13.0 Å². The predicted molar refractivity (Wildman–Crippen MR) is 59.5 cm³/mol. The van der Waals surface area contributed by atoms with Crippen molar-refractivity contribution >= 4 is 21.5 Å². The number of hydrogen-bond acceptors (Lipinski definition) is 3. The lowest BCUT2D eigenvalue weighted by molar-refractivity contribution is 0.485. The Hall–Kier alpha value is -1.31. The van der Waals surface area contributed by atoms with Crippen LogP contribution in [0.15, 0.2) is 34.5 Å². The highest BCUT2D eigenvalue weighted by Crippen LogP contribution is 2.32. The highest BCUT2D eigenvalue weighted by Gasteiger charge is 2.15. The zero-order valence-electron chi connectivity index (χ0n) is 8.22. The van der Waals surface area contributed by atoms with Crippen molar-refractivity contribution in [2.45, 2.75) is 4.21 Å². The Morgan fingerprint density at radius 1 is 1.12 bits per heavy atom. The first-order valence-corrected chi connectivity index (χ1v) is 6.66. The molecule has 0 radical (unpaired) electrons. The van der Waals surface area contributed by atoms with E-state index in [1.54, 1.807) is 0 Å². The van der Waals surface area contributed by atoms with E-state index in [9.17, 15) is 17.2 Å². The van der Waals surface area contributed by atoms with Crippen LogP contribution in [0.2, 0.25) is 0 Å². The third kappa shape index (κ3) is 2.51. The van der Waals surface area contributed by atoms with Gasteiger partial charge in [-0.15, -0.1) is 11.3 Å². The second kappa shape index (κ2) is 4.17. The topological polar surface area (TPSA) is 54.4 Å². The Morgan fingerprint density at radius 2 is 1.82 bits per heavy atom. The molecule has 1 aromatic carbocycles. The molecule has 1 N–H and O–H groups in total. The molecule has 7 heteroatoms. The van der Waals surface area contributed by atoms with Gasteiger partial charge in [-0.2, -0.15) is 8.42 Å². The Morgan fingerprint density at radius 3 is 2.41 bits per heavy atom. The van der Waals surface area contributed by atoms with Gasteiger partial charge in [-0.1, -0.05) is 0 Å². The Labute approximate surface area is 100 Å². The van der Waals surface area contributed by atoms with Gasteiger partial charge in [0.25, 0.3) is 0 Å². The molecule has 17 heavy (non-hydrogen) atoms. The van der Waals surface area contributed by atoms with Crippen LogP contribution >= 0.6 is 11.3 Å². The summed E-state index contributed by atoms with van der Waals surface area (Å²) in [5.74, 6) is -1.28. The fourth-order valence-corrected chi connectivity index (χ4v) is 2.98. The van der Waals surface area contributed by atoms with Crippen LogP contribution in [-0.2, 0) is 10.1 Å². The SMILES string of the molecule is O=S(=O)(O)c1ccc(-c2cc(F)ccc2F)s1. The van der Waals surface area contributed by atoms with Gasteiger partial charge in [0.2, 0.25) is 0 Å². The molecule has 2 rings (SSSR count). The molecule has 3 nitrogen and oxygen atoms in total. The standard InChI is InChI=1S/C10H6F2O3S2/c11-6-1-2-8(12)7(5-6)9-3-4-10(16-9)17(13,14)15/h1-5H,(H,13,14,15). The molecular weight excluding hydrogens is 270 g/mol. The summed E-state index contributed by atoms with van der Waals surface area (Å²) >= 11 is 0.671. The average Bonchev–Trinajstić information content (AvgIpc) is 2.70. The third-order valence-electron chi connectivity index (χ3n) is 2.03. The van der Waals surface area contributed by atoms with Crippen LogP contribution in [0.4, 0.5) is 8.78 Å². The second-order valence-electron chi connectivity index (χ2n) is 3.22. The van der Waals surface area contributed by atoms with E-state index < -0.39 is 21.8 Å². The maximum atomic E-state index is 13.4. The highest BCUT2D eigenvalue weighted by atomic mass is 32.3. The molecule has 0 spiro atoms. The van der Waals surface area contributed by atoms with Crippen LogP contribution < -0.4 is 0 Å². The highest BCUT2D eigenvalue weighted by molar-refractivity contribution is 7.88. The number of hydrogen-bond donors (Lipinski definition) is 1. The number of thiophene rings is 1. The van der Waals surface area contributed by atoms with Gasteiger partial charge < -0.3 is 0 Å². The minimum atomic E-state index is -4.31. The van der Waals surface area contributed by atoms with Gasteiger partial charge in [0.15, 0.2) is 0 Å². The van der Waals surface area contributed by atoms with Crippen LogP contribution in [0.3, 0.4) is 0 Å². The van der Waals surface area contributed by atoms with Crippen molar-refractivity contribution < 1.29 is 21.8 Å². The van der Waals surface area contributed by atoms with Crippen molar-refractivity contribution in [2.75, 3.05) is 0 Å². The number of benzene rings is 1. The third-order valence-corrected chi connectivity index (χ3v) is 4.47. The Kier molecular flexibility index (Phi) is 2.98. The van der Waals surface area contributed by atoms with Gasteiger partial charge in [-0.25, -0.2) is 8.78 Å². The molecule has 0 aliphatic rings. The van der Waals surface area contributed by atoms with Gasteiger partial charge in [-0.3, -0.25) is 4.55 Å². The lowest BCUT2D eigenvalue weighted by atomic mass is 10.2. The Bertz CT molecular complexity index is 662. The van der Waals surface area contributed by atoms with Crippen LogP contribution in [0, 0.1) is 11.6 Å². The molecule has 0 bridgehead atoms. The maximum Gasteiger partial charge on any atom is 0.304 e. The monoisotopic (exact) mass is 276 g/mol. The van der Waals surface area contributed by atoms with E-state index in [0.29, 0.717) is 11.3 Å². The van der Waals surface area contributed by atoms with Crippen LogP contribution in [0.5, 0.6) is 0 Å². The first kappa shape index (κ1) is 12.2. The lowest BCUT2D eigenvalue weighted by Gasteiger charge is -1.99. The van der Waals surface area contributed by atoms with Gasteiger partial charge in [0.1, 0.15) is 15.8 Å². The summed E-state index contributed by atoms with van der Waals surface area (Å²) in [4.78, 5) is 0.231. The minimum Gasteiger partial charge on any atom is -0.281 e. The molecule has 1 heterocycles. The summed E-state index contributed by atoms with van der Waals surface area (Å²) in [5, 5.41) is 0. The smallest absolute Gasteiger partial charge is 0.281 e. The quantitative estimate of drug-likeness (QED) is 0.858. The maximum absolute atomic E-state index is 13.4. The number of rotatable bonds is 2. The fraction of sp³-hybridized carbons (Fsp3) is 0. The number of halogens is 2. The average molecular weight is 276 g/mol. The van der Waals surface area contributed by atoms with E-state index in [1.807, 2.05) is 0 Å². The van der Waals surface area contributed by atoms with Crippen LogP contribution in [0.1, 0.15) is 0 Å². The van der Waals surface area contributed by atoms with Crippen molar-refractivity contribution in [3.63, 3.8) is 0 Å². The summed E-state index contributed by atoms with van der Waals surface area (Å²) in [6.45, 7) is 0. The predicted octanol–water partition coefficient (Wildman–Crippen LogP) is 2.94. The summed E-state index contributed by atoms with van der Waals surface area (Å²) in [5.41, 5.74) is -0.0371. The van der Waals surface area contributed by atoms with Crippen molar-refractivity contribution in [1.82, 2.24) is 0 Å². The van der Waals surface area contributed by atoms with Gasteiger partial charge in [-0.05, 0) is 30.3 Å². The van der Waals surface area contributed by atoms with Crippen molar-refractivity contribution in [3.8, 4) is 10.4 Å². The van der Waals surface area contributed by atoms with Gasteiger partial charge in [0, 0.05) is 10.4 Å². The van der Waals surface area contributed by atoms with E-state index >= 15 is 0 Å². The Balaban J connectivity index is 2.55. The molecule has 0 aliphatic heterocycles. The van der Waals surface area contributed by atoms with Gasteiger partial charge >= 0.3 is 10.1 Å². The van der Waals surface area contributed by atoms with E-state index in [-0.39, 0.29) is 14.6 Å². The normalized spacial score (nSPS) is 11.7. The van der Waals surface area contributed by atoms with Crippen molar-refractivity contribution in [3.05, 3.63) is 42.0 Å². The molecule has 0 amide bonds. The minimum absolute atomic E-state index is 0.0371. The molecular formula is C10H6F2O3S2. The van der Waals surface area contributed by atoms with E-state index in [1.165, 1.54) is 6.07 Å². The summed E-state index contributed by atoms with van der Waals surface area (Å²) in [6.07, 6.45) is 0. The summed E-state index contributed by atoms with van der Waals surface area (Å²) in [7, 11) is -4.31. The summed E-state index contributed by atoms with van der Waals surface area (Å²) < 4.78 is 56.5. The molecule has 0 aliphatic carbocycles. The molecule has 90 valence electrons. The lowest BCUT2D eigenvalue weighted by Crippen LogP contribution is -1.93. The molecule has 1 aromatic heterocycles. The molecule has 0 saturated heterocycles. The van der Waals surface area contributed by atoms with E-state index in [2.05, 4.69) is 0 Å². The van der Waals surface area contributed by atoms with Crippen LogP contribution in [0.25, 0.3) is 10.4 Å². The molecule has 0 saturated carbocycles. The zero-order chi connectivity index (χ0) is 12.6. The first-order valence-electron chi connectivity index (χ1n) is 4.40. The molecule has 0 fully saturated rings. The van der Waals surface area contributed by atoms with E-state index in [0.717, 1.165) is 24.3 Å². The molecule has 0 unspecified atom stereocenters. The fourth-order valence-electron chi connectivity index (χ4n) is 1.29. The van der Waals surface area contributed by atoms with Crippen molar-refractivity contribution in [1.29, 1.82) is 0 Å².